The molecule has 1 aliphatic heterocycles. The van der Waals surface area contributed by atoms with Gasteiger partial charge in [0.05, 0.1) is 24.7 Å². The van der Waals surface area contributed by atoms with Gasteiger partial charge in [-0.05, 0) is 54.8 Å². The fraction of sp³-hybridized carbons (Fsp3) is 0.261. The third-order valence-electron chi connectivity index (χ3n) is 5.64. The van der Waals surface area contributed by atoms with Crippen molar-refractivity contribution in [3.05, 3.63) is 91.3 Å². The summed E-state index contributed by atoms with van der Waals surface area (Å²) < 4.78 is 10.2. The van der Waals surface area contributed by atoms with Gasteiger partial charge in [-0.2, -0.15) is 0 Å². The maximum Gasteiger partial charge on any atom is 0.337 e. The highest BCUT2D eigenvalue weighted by molar-refractivity contribution is 6.30. The molecule has 0 radical (unpaired) electrons. The molecule has 0 saturated carbocycles. The number of nitrogens with zero attached hydrogens (tertiary/aromatic N) is 4. The van der Waals surface area contributed by atoms with Crippen molar-refractivity contribution in [1.82, 2.24) is 18.7 Å². The van der Waals surface area contributed by atoms with E-state index in [2.05, 4.69) is 4.98 Å². The molecule has 164 valence electrons. The molecular formula is C23H20Cl2N4O3. The zero-order valence-electron chi connectivity index (χ0n) is 17.1. The molecule has 1 unspecified atom stereocenters. The van der Waals surface area contributed by atoms with Gasteiger partial charge in [0.25, 0.3) is 5.56 Å². The monoisotopic (exact) mass is 470 g/mol. The van der Waals surface area contributed by atoms with E-state index in [-0.39, 0.29) is 18.2 Å². The maximum atomic E-state index is 13.5. The summed E-state index contributed by atoms with van der Waals surface area (Å²) in [6.07, 6.45) is 3.14. The predicted octanol–water partition coefficient (Wildman–Crippen LogP) is 3.88. The Kier molecular flexibility index (Phi) is 5.63. The lowest BCUT2D eigenvalue weighted by Gasteiger charge is -2.15. The molecule has 0 amide bonds. The summed E-state index contributed by atoms with van der Waals surface area (Å²) in [7, 11) is 0. The molecule has 3 heterocycles. The molecule has 9 heteroatoms. The van der Waals surface area contributed by atoms with Gasteiger partial charge in [0.2, 0.25) is 0 Å². The summed E-state index contributed by atoms with van der Waals surface area (Å²) >= 11 is 12.2. The van der Waals surface area contributed by atoms with E-state index in [1.165, 1.54) is 9.13 Å². The lowest BCUT2D eigenvalue weighted by molar-refractivity contribution is 0.0950. The van der Waals surface area contributed by atoms with Crippen molar-refractivity contribution in [1.29, 1.82) is 0 Å². The highest BCUT2D eigenvalue weighted by atomic mass is 35.5. The summed E-state index contributed by atoms with van der Waals surface area (Å²) in [5.41, 5.74) is 1.31. The number of hydrogen-bond acceptors (Lipinski definition) is 4. The lowest BCUT2D eigenvalue weighted by Crippen LogP contribution is -2.42. The zero-order valence-corrected chi connectivity index (χ0v) is 18.6. The van der Waals surface area contributed by atoms with Crippen LogP contribution in [0.15, 0.2) is 64.4 Å². The van der Waals surface area contributed by atoms with Gasteiger partial charge in [-0.15, -0.1) is 0 Å². The molecule has 2 aromatic heterocycles. The van der Waals surface area contributed by atoms with Gasteiger partial charge in [0, 0.05) is 23.2 Å². The van der Waals surface area contributed by atoms with Crippen LogP contribution in [0.5, 0.6) is 0 Å². The van der Waals surface area contributed by atoms with Gasteiger partial charge in [-0.25, -0.2) is 14.3 Å². The first-order chi connectivity index (χ1) is 15.5. The second-order valence-corrected chi connectivity index (χ2v) is 8.69. The molecule has 4 aromatic rings. The number of imidazole rings is 1. The Hall–Kier alpha value is -2.87. The number of aromatic nitrogens is 4. The molecule has 1 aliphatic rings. The largest absolute Gasteiger partial charge is 0.376 e. The smallest absolute Gasteiger partial charge is 0.337 e. The predicted molar refractivity (Wildman–Crippen MR) is 124 cm³/mol. The van der Waals surface area contributed by atoms with E-state index in [1.807, 2.05) is 18.2 Å². The minimum absolute atomic E-state index is 0.166. The number of rotatable bonds is 5. The minimum Gasteiger partial charge on any atom is -0.376 e. The molecule has 0 bridgehead atoms. The number of hydrogen-bond donors (Lipinski definition) is 0. The summed E-state index contributed by atoms with van der Waals surface area (Å²) in [4.78, 5) is 31.4. The SMILES string of the molecule is O=c1c2c(ncn2Cc2cccc(Cl)c2)n(-c2ccc(Cl)cc2)c(=O)n1CC1CCCO1. The van der Waals surface area contributed by atoms with Crippen LogP contribution in [0.3, 0.4) is 0 Å². The van der Waals surface area contributed by atoms with Gasteiger partial charge in [-0.1, -0.05) is 35.3 Å². The third-order valence-corrected chi connectivity index (χ3v) is 6.12. The van der Waals surface area contributed by atoms with Crippen LogP contribution in [-0.2, 0) is 17.8 Å². The van der Waals surface area contributed by atoms with Gasteiger partial charge >= 0.3 is 5.69 Å². The van der Waals surface area contributed by atoms with E-state index in [1.54, 1.807) is 41.2 Å². The van der Waals surface area contributed by atoms with E-state index >= 15 is 0 Å². The van der Waals surface area contributed by atoms with Crippen molar-refractivity contribution in [2.75, 3.05) is 6.61 Å². The molecule has 0 aliphatic carbocycles. The lowest BCUT2D eigenvalue weighted by atomic mass is 10.2. The Balaban J connectivity index is 1.72. The Bertz CT molecular complexity index is 1400. The molecule has 32 heavy (non-hydrogen) atoms. The Morgan fingerprint density at radius 2 is 1.88 bits per heavy atom. The fourth-order valence-corrected chi connectivity index (χ4v) is 4.45. The summed E-state index contributed by atoms with van der Waals surface area (Å²) in [6, 6.07) is 14.3. The van der Waals surface area contributed by atoms with Crippen LogP contribution < -0.4 is 11.2 Å². The molecule has 1 fully saturated rings. The highest BCUT2D eigenvalue weighted by Gasteiger charge is 2.23. The quantitative estimate of drug-likeness (QED) is 0.443. The molecule has 5 rings (SSSR count). The Labute approximate surface area is 193 Å². The average Bonchev–Trinajstić information content (AvgIpc) is 3.43. The van der Waals surface area contributed by atoms with E-state index in [4.69, 9.17) is 27.9 Å². The van der Waals surface area contributed by atoms with Gasteiger partial charge in [-0.3, -0.25) is 9.36 Å². The van der Waals surface area contributed by atoms with Crippen LogP contribution in [0.4, 0.5) is 0 Å². The van der Waals surface area contributed by atoms with Crippen molar-refractivity contribution in [2.45, 2.75) is 32.0 Å². The van der Waals surface area contributed by atoms with Crippen LogP contribution in [0.25, 0.3) is 16.9 Å². The van der Waals surface area contributed by atoms with Crippen LogP contribution in [0.2, 0.25) is 10.0 Å². The first-order valence-electron chi connectivity index (χ1n) is 10.3. The topological polar surface area (TPSA) is 71.0 Å². The third kappa shape index (κ3) is 3.88. The van der Waals surface area contributed by atoms with Crippen LogP contribution in [0, 0.1) is 0 Å². The average molecular weight is 471 g/mol. The minimum atomic E-state index is -0.451. The Morgan fingerprint density at radius 1 is 1.06 bits per heavy atom. The molecular weight excluding hydrogens is 451 g/mol. The number of halogens is 2. The summed E-state index contributed by atoms with van der Waals surface area (Å²) in [6.45, 7) is 1.23. The number of ether oxygens (including phenoxy) is 1. The molecule has 7 nitrogen and oxygen atoms in total. The second kappa shape index (κ2) is 8.58. The zero-order chi connectivity index (χ0) is 22.2. The van der Waals surface area contributed by atoms with E-state index in [0.29, 0.717) is 40.0 Å². The first kappa shape index (κ1) is 21.0. The van der Waals surface area contributed by atoms with Crippen LogP contribution in [0.1, 0.15) is 18.4 Å². The van der Waals surface area contributed by atoms with Crippen molar-refractivity contribution < 1.29 is 4.74 Å². The van der Waals surface area contributed by atoms with E-state index in [0.717, 1.165) is 18.4 Å². The number of benzene rings is 2. The van der Waals surface area contributed by atoms with E-state index in [9.17, 15) is 9.59 Å². The summed E-state index contributed by atoms with van der Waals surface area (Å²) in [5.74, 6) is 0. The molecule has 0 spiro atoms. The van der Waals surface area contributed by atoms with Gasteiger partial charge in [0.1, 0.15) is 0 Å². The normalized spacial score (nSPS) is 16.1. The van der Waals surface area contributed by atoms with Crippen molar-refractivity contribution in [2.24, 2.45) is 0 Å². The number of fused-ring (bicyclic) bond motifs is 1. The van der Waals surface area contributed by atoms with Crippen molar-refractivity contribution in [3.8, 4) is 5.69 Å². The van der Waals surface area contributed by atoms with Crippen LogP contribution >= 0.6 is 23.2 Å². The van der Waals surface area contributed by atoms with Crippen molar-refractivity contribution >= 4 is 34.4 Å². The van der Waals surface area contributed by atoms with Gasteiger partial charge in [0.15, 0.2) is 11.2 Å². The molecule has 0 N–H and O–H groups in total. The molecule has 1 atom stereocenters. The first-order valence-corrected chi connectivity index (χ1v) is 11.1. The van der Waals surface area contributed by atoms with Gasteiger partial charge < -0.3 is 9.30 Å². The highest BCUT2D eigenvalue weighted by Crippen LogP contribution is 2.19. The standard InChI is InChI=1S/C23H20Cl2N4O3/c24-16-6-8-18(9-7-16)29-21-20(22(30)28(23(29)31)13-19-5-2-10-32-19)27(14-26-21)12-15-3-1-4-17(25)11-15/h1,3-4,6-9,11,14,19H,2,5,10,12-13H2. The maximum absolute atomic E-state index is 13.5. The van der Waals surface area contributed by atoms with Crippen molar-refractivity contribution in [3.63, 3.8) is 0 Å². The Morgan fingerprint density at radius 3 is 2.59 bits per heavy atom. The van der Waals surface area contributed by atoms with Crippen LogP contribution in [-0.4, -0.2) is 31.4 Å². The molecule has 1 saturated heterocycles. The van der Waals surface area contributed by atoms with E-state index < -0.39 is 5.69 Å². The molecule has 2 aromatic carbocycles. The summed E-state index contributed by atoms with van der Waals surface area (Å²) in [5, 5.41) is 1.16. The fourth-order valence-electron chi connectivity index (χ4n) is 4.11. The second-order valence-electron chi connectivity index (χ2n) is 7.82.